The molecular formula is C14H17N3O2. The predicted molar refractivity (Wildman–Crippen MR) is 73.4 cm³/mol. The number of amides is 1. The van der Waals surface area contributed by atoms with E-state index in [4.69, 9.17) is 0 Å². The summed E-state index contributed by atoms with van der Waals surface area (Å²) in [6, 6.07) is 5.18. The summed E-state index contributed by atoms with van der Waals surface area (Å²) in [6.07, 6.45) is 3.34. The number of nitrogens with one attached hydrogen (secondary N) is 1. The standard InChI is InChI=1S/C14H17N3O2/c1-9(2)17-8-11(7-15-17)16-14(19)12-5-4-10(3)6-13(12)18/h4-9,18H,1-3H3,(H,16,19). The lowest BCUT2D eigenvalue weighted by Crippen LogP contribution is -2.11. The molecule has 0 aliphatic rings. The van der Waals surface area contributed by atoms with Crippen molar-refractivity contribution < 1.29 is 9.90 Å². The summed E-state index contributed by atoms with van der Waals surface area (Å²) in [4.78, 5) is 12.0. The molecule has 0 atom stereocenters. The second-order valence-corrected chi connectivity index (χ2v) is 4.78. The van der Waals surface area contributed by atoms with Gasteiger partial charge in [-0.3, -0.25) is 9.48 Å². The highest BCUT2D eigenvalue weighted by Gasteiger charge is 2.12. The van der Waals surface area contributed by atoms with E-state index in [0.29, 0.717) is 5.69 Å². The summed E-state index contributed by atoms with van der Waals surface area (Å²) in [5.74, 6) is -0.366. The molecule has 0 saturated heterocycles. The summed E-state index contributed by atoms with van der Waals surface area (Å²) >= 11 is 0. The smallest absolute Gasteiger partial charge is 0.259 e. The Labute approximate surface area is 111 Å². The number of carbonyl (C=O) groups excluding carboxylic acids is 1. The SMILES string of the molecule is Cc1ccc(C(=O)Nc2cnn(C(C)C)c2)c(O)c1. The first-order valence-electron chi connectivity index (χ1n) is 6.12. The molecule has 1 aromatic carbocycles. The third kappa shape index (κ3) is 2.93. The minimum atomic E-state index is -0.346. The number of rotatable bonds is 3. The van der Waals surface area contributed by atoms with Crippen molar-refractivity contribution in [1.29, 1.82) is 0 Å². The molecule has 0 aliphatic carbocycles. The molecule has 5 heteroatoms. The normalized spacial score (nSPS) is 10.7. The van der Waals surface area contributed by atoms with Gasteiger partial charge >= 0.3 is 0 Å². The highest BCUT2D eigenvalue weighted by atomic mass is 16.3. The maximum absolute atomic E-state index is 12.0. The van der Waals surface area contributed by atoms with E-state index >= 15 is 0 Å². The zero-order valence-electron chi connectivity index (χ0n) is 11.2. The van der Waals surface area contributed by atoms with Gasteiger partial charge in [-0.15, -0.1) is 0 Å². The van der Waals surface area contributed by atoms with Crippen molar-refractivity contribution in [3.63, 3.8) is 0 Å². The Hall–Kier alpha value is -2.30. The quantitative estimate of drug-likeness (QED) is 0.890. The van der Waals surface area contributed by atoms with Crippen LogP contribution in [-0.4, -0.2) is 20.8 Å². The topological polar surface area (TPSA) is 67.2 Å². The lowest BCUT2D eigenvalue weighted by molar-refractivity contribution is 0.102. The van der Waals surface area contributed by atoms with Gasteiger partial charge in [-0.25, -0.2) is 0 Å². The first-order chi connectivity index (χ1) is 8.97. The van der Waals surface area contributed by atoms with Gasteiger partial charge in [0.2, 0.25) is 0 Å². The second kappa shape index (κ2) is 5.14. The fraction of sp³-hybridized carbons (Fsp3) is 0.286. The van der Waals surface area contributed by atoms with Crippen molar-refractivity contribution in [1.82, 2.24) is 9.78 Å². The van der Waals surface area contributed by atoms with Gasteiger partial charge in [0, 0.05) is 12.2 Å². The van der Waals surface area contributed by atoms with Gasteiger partial charge in [0.05, 0.1) is 17.4 Å². The monoisotopic (exact) mass is 259 g/mol. The van der Waals surface area contributed by atoms with Crippen LogP contribution < -0.4 is 5.32 Å². The number of aromatic nitrogens is 2. The van der Waals surface area contributed by atoms with Gasteiger partial charge in [-0.1, -0.05) is 6.07 Å². The van der Waals surface area contributed by atoms with E-state index in [2.05, 4.69) is 10.4 Å². The maximum atomic E-state index is 12.0. The third-order valence-electron chi connectivity index (χ3n) is 2.79. The van der Waals surface area contributed by atoms with E-state index < -0.39 is 0 Å². The molecule has 0 unspecified atom stereocenters. The molecule has 0 radical (unpaired) electrons. The van der Waals surface area contributed by atoms with Crippen LogP contribution in [0, 0.1) is 6.92 Å². The average Bonchev–Trinajstić information content (AvgIpc) is 2.77. The van der Waals surface area contributed by atoms with Gasteiger partial charge in [0.15, 0.2) is 0 Å². The molecule has 1 heterocycles. The molecule has 100 valence electrons. The highest BCUT2D eigenvalue weighted by Crippen LogP contribution is 2.20. The molecule has 1 amide bonds. The van der Waals surface area contributed by atoms with Crippen molar-refractivity contribution in [3.05, 3.63) is 41.7 Å². The maximum Gasteiger partial charge on any atom is 0.259 e. The summed E-state index contributed by atoms with van der Waals surface area (Å²) in [5, 5.41) is 16.6. The third-order valence-corrected chi connectivity index (χ3v) is 2.79. The van der Waals surface area contributed by atoms with Crippen molar-refractivity contribution in [3.8, 4) is 5.75 Å². The molecule has 2 N–H and O–H groups in total. The minimum absolute atomic E-state index is 0.0197. The molecule has 2 aromatic rings. The van der Waals surface area contributed by atoms with Crippen LogP contribution in [0.25, 0.3) is 0 Å². The summed E-state index contributed by atoms with van der Waals surface area (Å²) in [6.45, 7) is 5.86. The van der Waals surface area contributed by atoms with Gasteiger partial charge < -0.3 is 10.4 Å². The Bertz CT molecular complexity index is 602. The first kappa shape index (κ1) is 13.1. The lowest BCUT2D eigenvalue weighted by atomic mass is 10.1. The Morgan fingerprint density at radius 3 is 2.74 bits per heavy atom. The molecule has 0 fully saturated rings. The van der Waals surface area contributed by atoms with E-state index in [1.165, 1.54) is 0 Å². The lowest BCUT2D eigenvalue weighted by Gasteiger charge is -2.06. The Kier molecular flexibility index (Phi) is 3.55. The molecule has 19 heavy (non-hydrogen) atoms. The van der Waals surface area contributed by atoms with Gasteiger partial charge in [0.1, 0.15) is 5.75 Å². The van der Waals surface area contributed by atoms with Crippen LogP contribution in [0.1, 0.15) is 35.8 Å². The largest absolute Gasteiger partial charge is 0.507 e. The van der Waals surface area contributed by atoms with Crippen LogP contribution in [0.4, 0.5) is 5.69 Å². The fourth-order valence-corrected chi connectivity index (χ4v) is 1.72. The average molecular weight is 259 g/mol. The molecule has 2 rings (SSSR count). The summed E-state index contributed by atoms with van der Waals surface area (Å²) < 4.78 is 1.75. The number of aromatic hydroxyl groups is 1. The van der Waals surface area contributed by atoms with Crippen LogP contribution in [0.2, 0.25) is 0 Å². The fourth-order valence-electron chi connectivity index (χ4n) is 1.72. The van der Waals surface area contributed by atoms with Crippen LogP contribution >= 0.6 is 0 Å². The summed E-state index contributed by atoms with van der Waals surface area (Å²) in [5.41, 5.74) is 1.77. The zero-order chi connectivity index (χ0) is 14.0. The first-order valence-corrected chi connectivity index (χ1v) is 6.12. The minimum Gasteiger partial charge on any atom is -0.507 e. The van der Waals surface area contributed by atoms with Crippen LogP contribution in [-0.2, 0) is 0 Å². The van der Waals surface area contributed by atoms with Crippen LogP contribution in [0.3, 0.4) is 0 Å². The summed E-state index contributed by atoms with van der Waals surface area (Å²) in [7, 11) is 0. The number of aryl methyl sites for hydroxylation is 1. The number of phenolic OH excluding ortho intramolecular Hbond substituents is 1. The van der Waals surface area contributed by atoms with Crippen LogP contribution in [0.15, 0.2) is 30.6 Å². The van der Waals surface area contributed by atoms with Gasteiger partial charge in [0.25, 0.3) is 5.91 Å². The Morgan fingerprint density at radius 2 is 2.16 bits per heavy atom. The van der Waals surface area contributed by atoms with Gasteiger partial charge in [-0.2, -0.15) is 5.10 Å². The van der Waals surface area contributed by atoms with Gasteiger partial charge in [-0.05, 0) is 38.5 Å². The predicted octanol–water partition coefficient (Wildman–Crippen LogP) is 2.73. The molecule has 1 aromatic heterocycles. The van der Waals surface area contributed by atoms with Crippen molar-refractivity contribution in [2.24, 2.45) is 0 Å². The van der Waals surface area contributed by atoms with Crippen molar-refractivity contribution in [2.75, 3.05) is 5.32 Å². The Morgan fingerprint density at radius 1 is 1.42 bits per heavy atom. The molecular weight excluding hydrogens is 242 g/mol. The van der Waals surface area contributed by atoms with E-state index in [9.17, 15) is 9.90 Å². The molecule has 0 spiro atoms. The van der Waals surface area contributed by atoms with E-state index in [1.807, 2.05) is 20.8 Å². The molecule has 0 bridgehead atoms. The molecule has 5 nitrogen and oxygen atoms in total. The van der Waals surface area contributed by atoms with Crippen molar-refractivity contribution >= 4 is 11.6 Å². The number of nitrogens with zero attached hydrogens (tertiary/aromatic N) is 2. The molecule has 0 saturated carbocycles. The number of hydrogen-bond acceptors (Lipinski definition) is 3. The number of benzene rings is 1. The number of anilines is 1. The number of hydrogen-bond donors (Lipinski definition) is 2. The van der Waals surface area contributed by atoms with E-state index in [1.54, 1.807) is 35.3 Å². The number of phenols is 1. The zero-order valence-corrected chi connectivity index (χ0v) is 11.2. The second-order valence-electron chi connectivity index (χ2n) is 4.78. The number of carbonyl (C=O) groups is 1. The van der Waals surface area contributed by atoms with Crippen molar-refractivity contribution in [2.45, 2.75) is 26.8 Å². The Balaban J connectivity index is 2.16. The highest BCUT2D eigenvalue weighted by molar-refractivity contribution is 6.06. The van der Waals surface area contributed by atoms with E-state index in [0.717, 1.165) is 5.56 Å². The molecule has 0 aliphatic heterocycles. The van der Waals surface area contributed by atoms with Crippen LogP contribution in [0.5, 0.6) is 5.75 Å². The van der Waals surface area contributed by atoms with E-state index in [-0.39, 0.29) is 23.3 Å².